The van der Waals surface area contributed by atoms with Gasteiger partial charge in [0.25, 0.3) is 5.91 Å². The van der Waals surface area contributed by atoms with E-state index in [1.807, 2.05) is 18.2 Å². The van der Waals surface area contributed by atoms with Gasteiger partial charge in [-0.2, -0.15) is 0 Å². The van der Waals surface area contributed by atoms with E-state index in [0.29, 0.717) is 37.3 Å². The average Bonchev–Trinajstić information content (AvgIpc) is 2.86. The van der Waals surface area contributed by atoms with Crippen LogP contribution in [0.4, 0.5) is 4.79 Å². The highest BCUT2D eigenvalue weighted by atomic mass is 16.5. The third-order valence-corrected chi connectivity index (χ3v) is 4.57. The zero-order valence-corrected chi connectivity index (χ0v) is 13.6. The van der Waals surface area contributed by atoms with E-state index in [2.05, 4.69) is 5.32 Å². The van der Waals surface area contributed by atoms with Crippen LogP contribution in [0.25, 0.3) is 0 Å². The minimum Gasteiger partial charge on any atom is -0.504 e. The van der Waals surface area contributed by atoms with E-state index >= 15 is 0 Å². The van der Waals surface area contributed by atoms with Crippen molar-refractivity contribution in [3.8, 4) is 17.2 Å². The van der Waals surface area contributed by atoms with Gasteiger partial charge < -0.3 is 15.2 Å². The maximum atomic E-state index is 12.5. The summed E-state index contributed by atoms with van der Waals surface area (Å²) in [6.07, 6.45) is 1.77. The number of phenols is 1. The lowest BCUT2D eigenvalue weighted by Gasteiger charge is -2.13. The second-order valence-corrected chi connectivity index (χ2v) is 6.35. The molecule has 0 radical (unpaired) electrons. The number of hydrogen-bond acceptors (Lipinski definition) is 4. The number of fused-ring (bicyclic) bond motifs is 4. The highest BCUT2D eigenvalue weighted by molar-refractivity contribution is 6.04. The number of rotatable bonds is 0. The molecule has 6 bridgehead atoms. The summed E-state index contributed by atoms with van der Waals surface area (Å²) in [6, 6.07) is 11.7. The Morgan fingerprint density at radius 2 is 1.84 bits per heavy atom. The molecular weight excluding hydrogens is 320 g/mol. The SMILES string of the molecule is O=C1N[C@H]2Cc3ccc(cc3)Oc3cc(ccc3O)CCCN1C2=O. The Bertz CT molecular complexity index is 832. The minimum atomic E-state index is -0.519. The van der Waals surface area contributed by atoms with Crippen molar-refractivity contribution >= 4 is 11.9 Å². The molecule has 2 N–H and O–H groups in total. The van der Waals surface area contributed by atoms with Crippen LogP contribution in [0.5, 0.6) is 17.2 Å². The number of urea groups is 1. The van der Waals surface area contributed by atoms with Crippen molar-refractivity contribution in [3.05, 3.63) is 53.6 Å². The summed E-state index contributed by atoms with van der Waals surface area (Å²) in [5.41, 5.74) is 1.91. The highest BCUT2D eigenvalue weighted by Gasteiger charge is 2.37. The summed E-state index contributed by atoms with van der Waals surface area (Å²) < 4.78 is 5.78. The summed E-state index contributed by atoms with van der Waals surface area (Å²) in [5, 5.41) is 12.8. The predicted molar refractivity (Wildman–Crippen MR) is 90.7 cm³/mol. The lowest BCUT2D eigenvalue weighted by atomic mass is 10.1. The highest BCUT2D eigenvalue weighted by Crippen LogP contribution is 2.32. The Hall–Kier alpha value is -3.02. The summed E-state index contributed by atoms with van der Waals surface area (Å²) in [6.45, 7) is 0.372. The molecular formula is C19H18N2O4. The maximum absolute atomic E-state index is 12.5. The van der Waals surface area contributed by atoms with Gasteiger partial charge in [0.05, 0.1) is 0 Å². The lowest BCUT2D eigenvalue weighted by molar-refractivity contribution is -0.127. The van der Waals surface area contributed by atoms with Crippen molar-refractivity contribution in [2.45, 2.75) is 25.3 Å². The maximum Gasteiger partial charge on any atom is 0.324 e. The Labute approximate surface area is 145 Å². The van der Waals surface area contributed by atoms with Crippen LogP contribution >= 0.6 is 0 Å². The van der Waals surface area contributed by atoms with Crippen LogP contribution in [0.3, 0.4) is 0 Å². The smallest absolute Gasteiger partial charge is 0.324 e. The van der Waals surface area contributed by atoms with Crippen molar-refractivity contribution in [1.29, 1.82) is 0 Å². The summed E-state index contributed by atoms with van der Waals surface area (Å²) in [7, 11) is 0. The molecule has 0 spiro atoms. The fourth-order valence-corrected chi connectivity index (χ4v) is 3.22. The van der Waals surface area contributed by atoms with E-state index < -0.39 is 6.04 Å². The van der Waals surface area contributed by atoms with Gasteiger partial charge in [-0.05, 0) is 48.2 Å². The van der Waals surface area contributed by atoms with Gasteiger partial charge in [0.15, 0.2) is 11.5 Å². The molecule has 0 aromatic heterocycles. The van der Waals surface area contributed by atoms with Crippen LogP contribution in [-0.2, 0) is 17.6 Å². The zero-order chi connectivity index (χ0) is 17.4. The van der Waals surface area contributed by atoms with E-state index in [0.717, 1.165) is 11.1 Å². The van der Waals surface area contributed by atoms with Gasteiger partial charge in [-0.25, -0.2) is 4.79 Å². The number of imide groups is 1. The van der Waals surface area contributed by atoms with Gasteiger partial charge in [-0.1, -0.05) is 18.2 Å². The van der Waals surface area contributed by atoms with Gasteiger partial charge in [0, 0.05) is 13.0 Å². The fraction of sp³-hybridized carbons (Fsp3) is 0.263. The number of amides is 3. The third kappa shape index (κ3) is 3.03. The molecule has 1 fully saturated rings. The van der Waals surface area contributed by atoms with E-state index in [-0.39, 0.29) is 17.7 Å². The first-order valence-corrected chi connectivity index (χ1v) is 8.31. The number of benzene rings is 2. The number of carbonyl (C=O) groups is 2. The van der Waals surface area contributed by atoms with Gasteiger partial charge in [-0.3, -0.25) is 9.69 Å². The predicted octanol–water partition coefficient (Wildman–Crippen LogP) is 2.59. The Kier molecular flexibility index (Phi) is 3.80. The second kappa shape index (κ2) is 6.12. The van der Waals surface area contributed by atoms with E-state index in [1.54, 1.807) is 24.3 Å². The van der Waals surface area contributed by atoms with E-state index in [1.165, 1.54) is 4.90 Å². The van der Waals surface area contributed by atoms with Crippen molar-refractivity contribution in [1.82, 2.24) is 10.2 Å². The quantitative estimate of drug-likeness (QED) is 0.724. The number of ether oxygens (including phenoxy) is 1. The van der Waals surface area contributed by atoms with Crippen LogP contribution in [-0.4, -0.2) is 34.5 Å². The summed E-state index contributed by atoms with van der Waals surface area (Å²) >= 11 is 0. The van der Waals surface area contributed by atoms with Crippen LogP contribution in [0.1, 0.15) is 17.5 Å². The molecule has 0 saturated carbocycles. The molecule has 6 heteroatoms. The van der Waals surface area contributed by atoms with Crippen LogP contribution < -0.4 is 10.1 Å². The van der Waals surface area contributed by atoms with Gasteiger partial charge in [0.2, 0.25) is 0 Å². The van der Waals surface area contributed by atoms with Crippen molar-refractivity contribution < 1.29 is 19.4 Å². The molecule has 6 nitrogen and oxygen atoms in total. The first-order chi connectivity index (χ1) is 12.1. The van der Waals surface area contributed by atoms with Gasteiger partial charge >= 0.3 is 6.03 Å². The molecule has 1 saturated heterocycles. The minimum absolute atomic E-state index is 0.0782. The number of nitrogens with zero attached hydrogens (tertiary/aromatic N) is 1. The molecule has 2 aromatic rings. The summed E-state index contributed by atoms with van der Waals surface area (Å²) in [5.74, 6) is 0.909. The molecule has 25 heavy (non-hydrogen) atoms. The van der Waals surface area contributed by atoms with Crippen molar-refractivity contribution in [2.75, 3.05) is 6.54 Å². The Morgan fingerprint density at radius 1 is 1.08 bits per heavy atom. The molecule has 1 atom stereocenters. The largest absolute Gasteiger partial charge is 0.504 e. The Balaban J connectivity index is 1.70. The molecule has 3 heterocycles. The van der Waals surface area contributed by atoms with Gasteiger partial charge in [0.1, 0.15) is 11.8 Å². The fourth-order valence-electron chi connectivity index (χ4n) is 3.22. The topological polar surface area (TPSA) is 78.9 Å². The van der Waals surface area contributed by atoms with E-state index in [9.17, 15) is 14.7 Å². The third-order valence-electron chi connectivity index (χ3n) is 4.57. The van der Waals surface area contributed by atoms with Crippen LogP contribution in [0, 0.1) is 0 Å². The summed E-state index contributed by atoms with van der Waals surface area (Å²) in [4.78, 5) is 25.8. The first-order valence-electron chi connectivity index (χ1n) is 8.31. The molecule has 0 aliphatic carbocycles. The molecule has 3 amide bonds. The zero-order valence-electron chi connectivity index (χ0n) is 13.6. The number of nitrogens with one attached hydrogen (secondary N) is 1. The normalized spacial score (nSPS) is 19.8. The molecule has 2 aromatic carbocycles. The van der Waals surface area contributed by atoms with Crippen LogP contribution in [0.15, 0.2) is 42.5 Å². The average molecular weight is 338 g/mol. The number of hydrogen-bond donors (Lipinski definition) is 2. The second-order valence-electron chi connectivity index (χ2n) is 6.35. The molecule has 3 aliphatic rings. The first kappa shape index (κ1) is 15.5. The number of aryl methyl sites for hydroxylation is 1. The molecule has 3 aliphatic heterocycles. The molecule has 128 valence electrons. The molecule has 5 rings (SSSR count). The Morgan fingerprint density at radius 3 is 2.64 bits per heavy atom. The number of carbonyl (C=O) groups excluding carboxylic acids is 2. The van der Waals surface area contributed by atoms with E-state index in [4.69, 9.17) is 4.74 Å². The van der Waals surface area contributed by atoms with Crippen molar-refractivity contribution in [2.24, 2.45) is 0 Å². The number of phenolic OH excluding ortho intramolecular Hbond substituents is 1. The standard InChI is InChI=1S/C19H18N2O4/c22-16-8-5-12-2-1-9-21-18(23)15(20-19(21)24)10-13-3-6-14(7-4-13)25-17(16)11-12/h3-8,11,15,22H,1-2,9-10H2,(H,20,24)/t15-/m0/s1. The molecule has 0 unspecified atom stereocenters. The number of aromatic hydroxyl groups is 1. The lowest BCUT2D eigenvalue weighted by Crippen LogP contribution is -2.33. The van der Waals surface area contributed by atoms with Crippen molar-refractivity contribution in [3.63, 3.8) is 0 Å². The monoisotopic (exact) mass is 338 g/mol. The van der Waals surface area contributed by atoms with Crippen LogP contribution in [0.2, 0.25) is 0 Å². The van der Waals surface area contributed by atoms with Gasteiger partial charge in [-0.15, -0.1) is 0 Å².